The lowest BCUT2D eigenvalue weighted by Gasteiger charge is -2.09. The van der Waals surface area contributed by atoms with Crippen LogP contribution in [0.3, 0.4) is 0 Å². The molecule has 1 heterocycles. The minimum absolute atomic E-state index is 0.644. The van der Waals surface area contributed by atoms with Crippen molar-refractivity contribution in [3.05, 3.63) is 64.4 Å². The number of hydrogen-bond acceptors (Lipinski definition) is 3. The van der Waals surface area contributed by atoms with Crippen LogP contribution < -0.4 is 5.32 Å². The monoisotopic (exact) mass is 348 g/mol. The summed E-state index contributed by atoms with van der Waals surface area (Å²) in [5, 5.41) is 12.0. The van der Waals surface area contributed by atoms with Gasteiger partial charge in [0.05, 0.1) is 5.69 Å². The molecule has 2 aromatic carbocycles. The minimum Gasteiger partial charge on any atom is -0.324 e. The number of nitrogens with zero attached hydrogens (tertiary/aromatic N) is 3. The summed E-state index contributed by atoms with van der Waals surface area (Å²) in [6, 6.07) is 15.4. The molecule has 1 N–H and O–H groups in total. The number of nitrogens with one attached hydrogen (secondary N) is 1. The summed E-state index contributed by atoms with van der Waals surface area (Å²) < 4.78 is 2.86. The van der Waals surface area contributed by atoms with Crippen LogP contribution in [0.1, 0.15) is 0 Å². The number of aromatic nitrogens is 3. The highest BCUT2D eigenvalue weighted by Crippen LogP contribution is 2.21. The van der Waals surface area contributed by atoms with Gasteiger partial charge in [0.1, 0.15) is 6.33 Å². The molecule has 0 aliphatic carbocycles. The van der Waals surface area contributed by atoms with Gasteiger partial charge < -0.3 is 5.32 Å². The Morgan fingerprint density at radius 2 is 1.90 bits per heavy atom. The molecule has 0 spiro atoms. The Morgan fingerprint density at radius 1 is 1.10 bits per heavy atom. The molecule has 0 fully saturated rings. The van der Waals surface area contributed by atoms with E-state index in [9.17, 15) is 0 Å². The normalized spacial score (nSPS) is 10.5. The Morgan fingerprint density at radius 3 is 2.65 bits per heavy atom. The van der Waals surface area contributed by atoms with Crippen molar-refractivity contribution in [1.82, 2.24) is 14.8 Å². The van der Waals surface area contributed by atoms with Crippen molar-refractivity contribution in [2.24, 2.45) is 0 Å². The van der Waals surface area contributed by atoms with Gasteiger partial charge in [-0.3, -0.25) is 4.57 Å². The minimum atomic E-state index is 0.644. The third kappa shape index (κ3) is 2.84. The maximum atomic E-state index is 5.90. The van der Waals surface area contributed by atoms with Crippen LogP contribution in [0.2, 0.25) is 5.02 Å². The highest BCUT2D eigenvalue weighted by Gasteiger charge is 2.06. The number of hydrogen-bond donors (Lipinski definition) is 1. The summed E-state index contributed by atoms with van der Waals surface area (Å²) >= 11 is 9.34. The molecule has 0 saturated carbocycles. The fourth-order valence-corrected chi connectivity index (χ4v) is 2.33. The second-order valence-electron chi connectivity index (χ2n) is 4.14. The largest absolute Gasteiger partial charge is 0.324 e. The maximum Gasteiger partial charge on any atom is 0.233 e. The van der Waals surface area contributed by atoms with Crippen LogP contribution in [0.5, 0.6) is 0 Å². The summed E-state index contributed by atoms with van der Waals surface area (Å²) in [4.78, 5) is 0. The highest BCUT2D eigenvalue weighted by atomic mass is 79.9. The number of benzene rings is 2. The first kappa shape index (κ1) is 13.1. The summed E-state index contributed by atoms with van der Waals surface area (Å²) in [5.41, 5.74) is 1.87. The third-order valence-corrected chi connectivity index (χ3v) is 3.48. The second kappa shape index (κ2) is 5.64. The lowest BCUT2D eigenvalue weighted by atomic mass is 10.3. The Kier molecular flexibility index (Phi) is 3.71. The summed E-state index contributed by atoms with van der Waals surface area (Å²) in [6.45, 7) is 0. The van der Waals surface area contributed by atoms with E-state index in [0.29, 0.717) is 11.0 Å². The van der Waals surface area contributed by atoms with Gasteiger partial charge in [-0.15, -0.1) is 10.2 Å². The Hall–Kier alpha value is -1.85. The molecule has 0 unspecified atom stereocenters. The lowest BCUT2D eigenvalue weighted by molar-refractivity contribution is 1.06. The van der Waals surface area contributed by atoms with Crippen molar-refractivity contribution in [3.63, 3.8) is 0 Å². The molecule has 0 aliphatic rings. The van der Waals surface area contributed by atoms with Gasteiger partial charge >= 0.3 is 0 Å². The zero-order valence-electron chi connectivity index (χ0n) is 10.3. The van der Waals surface area contributed by atoms with E-state index in [1.54, 1.807) is 6.33 Å². The third-order valence-electron chi connectivity index (χ3n) is 2.73. The van der Waals surface area contributed by atoms with Crippen molar-refractivity contribution < 1.29 is 0 Å². The quantitative estimate of drug-likeness (QED) is 0.761. The van der Waals surface area contributed by atoms with Crippen molar-refractivity contribution in [2.75, 3.05) is 5.32 Å². The molecule has 3 rings (SSSR count). The van der Waals surface area contributed by atoms with Gasteiger partial charge in [0.25, 0.3) is 0 Å². The maximum absolute atomic E-state index is 5.90. The first-order chi connectivity index (χ1) is 9.72. The van der Waals surface area contributed by atoms with Crippen LogP contribution in [0.25, 0.3) is 5.69 Å². The number of rotatable bonds is 3. The Bertz CT molecular complexity index is 724. The topological polar surface area (TPSA) is 42.7 Å². The van der Waals surface area contributed by atoms with Crippen LogP contribution in [0.15, 0.2) is 59.3 Å². The fourth-order valence-electron chi connectivity index (χ4n) is 1.81. The van der Waals surface area contributed by atoms with E-state index in [1.165, 1.54) is 0 Å². The summed E-state index contributed by atoms with van der Waals surface area (Å²) in [6.07, 6.45) is 1.66. The fraction of sp³-hybridized carbons (Fsp3) is 0. The summed E-state index contributed by atoms with van der Waals surface area (Å²) in [7, 11) is 0. The van der Waals surface area contributed by atoms with Crippen LogP contribution in [0, 0.1) is 0 Å². The Balaban J connectivity index is 1.92. The predicted molar refractivity (Wildman–Crippen MR) is 83.8 cm³/mol. The second-order valence-corrected chi connectivity index (χ2v) is 5.49. The number of halogens is 2. The van der Waals surface area contributed by atoms with Gasteiger partial charge in [-0.1, -0.05) is 33.6 Å². The van der Waals surface area contributed by atoms with Crippen LogP contribution in [0.4, 0.5) is 11.6 Å². The van der Waals surface area contributed by atoms with Crippen molar-refractivity contribution in [2.45, 2.75) is 0 Å². The average Bonchev–Trinajstić information content (AvgIpc) is 2.88. The first-order valence-corrected chi connectivity index (χ1v) is 7.08. The SMILES string of the molecule is Clc1ccc(-n2cnnc2Nc2cccc(Br)c2)cc1. The summed E-state index contributed by atoms with van der Waals surface area (Å²) in [5.74, 6) is 0.644. The predicted octanol–water partition coefficient (Wildman–Crippen LogP) is 4.43. The lowest BCUT2D eigenvalue weighted by Crippen LogP contribution is -2.00. The molecule has 0 bridgehead atoms. The number of anilines is 2. The van der Waals surface area contributed by atoms with E-state index in [0.717, 1.165) is 15.8 Å². The zero-order valence-corrected chi connectivity index (χ0v) is 12.6. The molecular formula is C14H10BrClN4. The molecule has 0 atom stereocenters. The van der Waals surface area contributed by atoms with Gasteiger partial charge in [0.15, 0.2) is 0 Å². The molecule has 0 aliphatic heterocycles. The molecular weight excluding hydrogens is 340 g/mol. The highest BCUT2D eigenvalue weighted by molar-refractivity contribution is 9.10. The van der Waals surface area contributed by atoms with Gasteiger partial charge in [-0.05, 0) is 42.5 Å². The standard InChI is InChI=1S/C14H10BrClN4/c15-10-2-1-3-12(8-10)18-14-19-17-9-20(14)13-6-4-11(16)5-7-13/h1-9H,(H,18,19). The smallest absolute Gasteiger partial charge is 0.233 e. The molecule has 6 heteroatoms. The van der Waals surface area contributed by atoms with E-state index in [4.69, 9.17) is 11.6 Å². The van der Waals surface area contributed by atoms with E-state index in [1.807, 2.05) is 53.1 Å². The molecule has 4 nitrogen and oxygen atoms in total. The molecule has 100 valence electrons. The van der Waals surface area contributed by atoms with Crippen molar-refractivity contribution in [1.29, 1.82) is 0 Å². The molecule has 20 heavy (non-hydrogen) atoms. The van der Waals surface area contributed by atoms with Crippen molar-refractivity contribution in [3.8, 4) is 5.69 Å². The van der Waals surface area contributed by atoms with E-state index in [2.05, 4.69) is 31.4 Å². The average molecular weight is 350 g/mol. The van der Waals surface area contributed by atoms with Gasteiger partial charge in [0.2, 0.25) is 5.95 Å². The van der Waals surface area contributed by atoms with Crippen LogP contribution >= 0.6 is 27.5 Å². The van der Waals surface area contributed by atoms with E-state index in [-0.39, 0.29) is 0 Å². The zero-order chi connectivity index (χ0) is 13.9. The van der Waals surface area contributed by atoms with Gasteiger partial charge in [-0.2, -0.15) is 0 Å². The van der Waals surface area contributed by atoms with Gasteiger partial charge in [0, 0.05) is 15.2 Å². The molecule has 0 radical (unpaired) electrons. The van der Waals surface area contributed by atoms with E-state index < -0.39 is 0 Å². The van der Waals surface area contributed by atoms with Crippen LogP contribution in [-0.4, -0.2) is 14.8 Å². The molecule has 0 saturated heterocycles. The first-order valence-electron chi connectivity index (χ1n) is 5.91. The van der Waals surface area contributed by atoms with E-state index >= 15 is 0 Å². The molecule has 1 aromatic heterocycles. The van der Waals surface area contributed by atoms with Crippen molar-refractivity contribution >= 4 is 39.2 Å². The molecule has 3 aromatic rings. The van der Waals surface area contributed by atoms with Gasteiger partial charge in [-0.25, -0.2) is 0 Å². The van der Waals surface area contributed by atoms with Crippen LogP contribution in [-0.2, 0) is 0 Å². The Labute approximate surface area is 129 Å². The molecule has 0 amide bonds.